The fraction of sp³-hybridized carbons (Fsp3) is 0.348. The minimum absolute atomic E-state index is 0.147. The molecule has 5 rings (SSSR count). The lowest BCUT2D eigenvalue weighted by molar-refractivity contribution is -0.136. The molecule has 3 aliphatic heterocycles. The Kier molecular flexibility index (Phi) is 4.86. The van der Waals surface area contributed by atoms with E-state index < -0.39 is 6.04 Å². The zero-order valence-electron chi connectivity index (χ0n) is 17.1. The summed E-state index contributed by atoms with van der Waals surface area (Å²) >= 11 is 0. The number of carbonyl (C=O) groups excluding carboxylic acids is 3. The van der Waals surface area contributed by atoms with Crippen LogP contribution in [0.25, 0.3) is 0 Å². The van der Waals surface area contributed by atoms with Gasteiger partial charge in [0.05, 0.1) is 0 Å². The first-order valence-electron chi connectivity index (χ1n) is 10.5. The van der Waals surface area contributed by atoms with Crippen LogP contribution in [-0.4, -0.2) is 46.7 Å². The summed E-state index contributed by atoms with van der Waals surface area (Å²) in [6.45, 7) is 3.10. The fourth-order valence-corrected chi connectivity index (χ4v) is 4.61. The summed E-state index contributed by atoms with van der Waals surface area (Å²) in [5, 5.41) is 2.35. The van der Waals surface area contributed by atoms with Gasteiger partial charge >= 0.3 is 0 Å². The van der Waals surface area contributed by atoms with Crippen LogP contribution in [0.15, 0.2) is 36.4 Å². The molecule has 3 heterocycles. The third kappa shape index (κ3) is 3.63. The normalized spacial score (nSPS) is 21.2. The van der Waals surface area contributed by atoms with Crippen LogP contribution in [0.1, 0.15) is 39.9 Å². The number of imide groups is 1. The third-order valence-electron chi connectivity index (χ3n) is 6.22. The summed E-state index contributed by atoms with van der Waals surface area (Å²) in [6, 6.07) is 10.9. The second kappa shape index (κ2) is 7.70. The van der Waals surface area contributed by atoms with E-state index in [-0.39, 0.29) is 24.1 Å². The summed E-state index contributed by atoms with van der Waals surface area (Å²) in [5.41, 5.74) is 10.3. The quantitative estimate of drug-likeness (QED) is 0.575. The van der Waals surface area contributed by atoms with E-state index in [1.807, 2.05) is 36.4 Å². The zero-order chi connectivity index (χ0) is 21.5. The van der Waals surface area contributed by atoms with E-state index in [4.69, 9.17) is 10.5 Å². The number of carbonyl (C=O) groups is 3. The topological polar surface area (TPSA) is 105 Å². The molecule has 0 bridgehead atoms. The average Bonchev–Trinajstić information content (AvgIpc) is 2.94. The zero-order valence-corrected chi connectivity index (χ0v) is 17.1. The van der Waals surface area contributed by atoms with Crippen LogP contribution < -0.4 is 15.8 Å². The number of nitrogens with two attached hydrogens (primary N) is 1. The van der Waals surface area contributed by atoms with Crippen molar-refractivity contribution in [2.75, 3.05) is 18.9 Å². The van der Waals surface area contributed by atoms with Crippen molar-refractivity contribution in [3.05, 3.63) is 58.7 Å². The van der Waals surface area contributed by atoms with Crippen LogP contribution in [0.3, 0.4) is 0 Å². The highest BCUT2D eigenvalue weighted by Crippen LogP contribution is 2.32. The van der Waals surface area contributed by atoms with Gasteiger partial charge in [0, 0.05) is 55.5 Å². The van der Waals surface area contributed by atoms with Crippen molar-refractivity contribution in [1.29, 1.82) is 0 Å². The van der Waals surface area contributed by atoms with Gasteiger partial charge in [-0.3, -0.25) is 24.6 Å². The lowest BCUT2D eigenvalue weighted by Crippen LogP contribution is -2.52. The molecular formula is C23H24N4O4. The first-order chi connectivity index (χ1) is 15.0. The Morgan fingerprint density at radius 2 is 2.00 bits per heavy atom. The molecule has 31 heavy (non-hydrogen) atoms. The number of nitrogens with one attached hydrogen (secondary N) is 1. The summed E-state index contributed by atoms with van der Waals surface area (Å²) in [7, 11) is 0. The van der Waals surface area contributed by atoms with Crippen molar-refractivity contribution in [2.45, 2.75) is 38.5 Å². The van der Waals surface area contributed by atoms with Gasteiger partial charge in [-0.15, -0.1) is 0 Å². The van der Waals surface area contributed by atoms with E-state index in [1.54, 1.807) is 4.90 Å². The van der Waals surface area contributed by atoms with Gasteiger partial charge in [-0.1, -0.05) is 18.2 Å². The monoisotopic (exact) mass is 420 g/mol. The number of benzene rings is 2. The maximum absolute atomic E-state index is 13.0. The minimum atomic E-state index is -0.602. The van der Waals surface area contributed by atoms with Crippen molar-refractivity contribution in [3.8, 4) is 5.75 Å². The SMILES string of the molecule is Nc1ccc2c(c1)OCCN(Cc1cccc3c1CN(C1CCC(=O)NC1=O)C3=O)C2. The molecule has 1 atom stereocenters. The Bertz CT molecular complexity index is 1080. The van der Waals surface area contributed by atoms with Gasteiger partial charge in [0.2, 0.25) is 11.8 Å². The highest BCUT2D eigenvalue weighted by Gasteiger charge is 2.39. The highest BCUT2D eigenvalue weighted by atomic mass is 16.5. The minimum Gasteiger partial charge on any atom is -0.492 e. The number of nitrogens with zero attached hydrogens (tertiary/aromatic N) is 2. The van der Waals surface area contributed by atoms with Crippen LogP contribution in [0, 0.1) is 0 Å². The molecular weight excluding hydrogens is 396 g/mol. The van der Waals surface area contributed by atoms with Gasteiger partial charge in [0.1, 0.15) is 18.4 Å². The Morgan fingerprint density at radius 3 is 2.84 bits per heavy atom. The molecule has 1 fully saturated rings. The van der Waals surface area contributed by atoms with Crippen LogP contribution >= 0.6 is 0 Å². The van der Waals surface area contributed by atoms with E-state index >= 15 is 0 Å². The molecule has 8 nitrogen and oxygen atoms in total. The third-order valence-corrected chi connectivity index (χ3v) is 6.22. The predicted octanol–water partition coefficient (Wildman–Crippen LogP) is 1.42. The first-order valence-corrected chi connectivity index (χ1v) is 10.5. The molecule has 3 aliphatic rings. The molecule has 0 spiro atoms. The van der Waals surface area contributed by atoms with E-state index in [9.17, 15) is 14.4 Å². The van der Waals surface area contributed by atoms with Gasteiger partial charge in [-0.05, 0) is 29.7 Å². The smallest absolute Gasteiger partial charge is 0.255 e. The largest absolute Gasteiger partial charge is 0.492 e. The molecule has 0 aromatic heterocycles. The molecule has 1 unspecified atom stereocenters. The van der Waals surface area contributed by atoms with Crippen molar-refractivity contribution in [2.24, 2.45) is 0 Å². The summed E-state index contributed by atoms with van der Waals surface area (Å²) in [6.07, 6.45) is 0.615. The molecule has 160 valence electrons. The molecule has 1 saturated heterocycles. The molecule has 2 aromatic carbocycles. The maximum atomic E-state index is 13.0. The Morgan fingerprint density at radius 1 is 1.13 bits per heavy atom. The van der Waals surface area contributed by atoms with Gasteiger partial charge in [0.15, 0.2) is 0 Å². The second-order valence-corrected chi connectivity index (χ2v) is 8.27. The second-order valence-electron chi connectivity index (χ2n) is 8.27. The number of ether oxygens (including phenoxy) is 1. The Labute approximate surface area is 179 Å². The van der Waals surface area contributed by atoms with Gasteiger partial charge in [-0.25, -0.2) is 0 Å². The van der Waals surface area contributed by atoms with Crippen molar-refractivity contribution in [3.63, 3.8) is 0 Å². The van der Waals surface area contributed by atoms with E-state index in [2.05, 4.69) is 10.2 Å². The van der Waals surface area contributed by atoms with Crippen LogP contribution in [-0.2, 0) is 29.2 Å². The summed E-state index contributed by atoms with van der Waals surface area (Å²) < 4.78 is 5.87. The first kappa shape index (κ1) is 19.6. The number of anilines is 1. The molecule has 0 radical (unpaired) electrons. The molecule has 3 N–H and O–H groups in total. The molecule has 8 heteroatoms. The maximum Gasteiger partial charge on any atom is 0.255 e. The number of fused-ring (bicyclic) bond motifs is 2. The van der Waals surface area contributed by atoms with E-state index in [0.29, 0.717) is 37.4 Å². The average molecular weight is 420 g/mol. The Hall–Kier alpha value is -3.39. The number of amides is 3. The predicted molar refractivity (Wildman–Crippen MR) is 113 cm³/mol. The molecule has 3 amide bonds. The van der Waals surface area contributed by atoms with Gasteiger partial charge < -0.3 is 15.4 Å². The van der Waals surface area contributed by atoms with Crippen LogP contribution in [0.5, 0.6) is 5.75 Å². The van der Waals surface area contributed by atoms with Crippen molar-refractivity contribution < 1.29 is 19.1 Å². The lowest BCUT2D eigenvalue weighted by atomic mass is 10.0. The number of hydrogen-bond acceptors (Lipinski definition) is 6. The fourth-order valence-electron chi connectivity index (χ4n) is 4.61. The summed E-state index contributed by atoms with van der Waals surface area (Å²) in [4.78, 5) is 40.7. The molecule has 0 aliphatic carbocycles. The highest BCUT2D eigenvalue weighted by molar-refractivity contribution is 6.05. The van der Waals surface area contributed by atoms with Gasteiger partial charge in [-0.2, -0.15) is 0 Å². The van der Waals surface area contributed by atoms with Crippen LogP contribution in [0.2, 0.25) is 0 Å². The molecule has 2 aromatic rings. The number of nitrogen functional groups attached to an aromatic ring is 1. The van der Waals surface area contributed by atoms with E-state index in [0.717, 1.165) is 35.5 Å². The van der Waals surface area contributed by atoms with E-state index in [1.165, 1.54) is 0 Å². The number of hydrogen-bond donors (Lipinski definition) is 2. The standard InChI is InChI=1S/C23H24N4O4/c24-16-5-4-15-12-26(8-9-31-20(15)10-16)11-14-2-1-3-17-18(14)13-27(23(17)30)19-6-7-21(28)25-22(19)29/h1-5,10,19H,6-9,11-13,24H2,(H,25,28,29). The number of rotatable bonds is 3. The van der Waals surface area contributed by atoms with Crippen molar-refractivity contribution >= 4 is 23.4 Å². The molecule has 0 saturated carbocycles. The Balaban J connectivity index is 1.37. The van der Waals surface area contributed by atoms with Crippen LogP contribution in [0.4, 0.5) is 5.69 Å². The lowest BCUT2D eigenvalue weighted by Gasteiger charge is -2.29. The van der Waals surface area contributed by atoms with Crippen molar-refractivity contribution in [1.82, 2.24) is 15.1 Å². The number of piperidine rings is 1. The summed E-state index contributed by atoms with van der Waals surface area (Å²) in [5.74, 6) is 0.00222. The van der Waals surface area contributed by atoms with Gasteiger partial charge in [0.25, 0.3) is 5.91 Å².